The number of rotatable bonds is 4. The molecule has 0 saturated carbocycles. The van der Waals surface area contributed by atoms with E-state index in [0.717, 1.165) is 22.4 Å². The summed E-state index contributed by atoms with van der Waals surface area (Å²) in [5, 5.41) is 9.13. The lowest BCUT2D eigenvalue weighted by atomic mass is 10.1. The lowest BCUT2D eigenvalue weighted by molar-refractivity contribution is -0.137. The highest BCUT2D eigenvalue weighted by Crippen LogP contribution is 2.46. The molecule has 1 atom stereocenters. The first-order valence-corrected chi connectivity index (χ1v) is 10.2. The van der Waals surface area contributed by atoms with E-state index in [1.807, 2.05) is 30.3 Å². The molecule has 2 aromatic carbocycles. The molecule has 4 rings (SSSR count). The number of anilines is 1. The van der Waals surface area contributed by atoms with E-state index in [2.05, 4.69) is 4.90 Å². The van der Waals surface area contributed by atoms with Crippen LogP contribution in [0.4, 0.5) is 18.9 Å². The van der Waals surface area contributed by atoms with Gasteiger partial charge in [-0.1, -0.05) is 30.3 Å². The molecule has 1 aromatic heterocycles. The maximum Gasteiger partial charge on any atom is 0.416 e. The Labute approximate surface area is 171 Å². The van der Waals surface area contributed by atoms with Gasteiger partial charge in [0.25, 0.3) is 0 Å². The number of hydrogen-bond donors (Lipinski definition) is 1. The summed E-state index contributed by atoms with van der Waals surface area (Å²) < 4.78 is 45.1. The summed E-state index contributed by atoms with van der Waals surface area (Å²) >= 11 is 1.59. The van der Waals surface area contributed by atoms with E-state index in [-0.39, 0.29) is 11.9 Å². The van der Waals surface area contributed by atoms with Crippen LogP contribution < -0.4 is 4.90 Å². The number of para-hydroxylation sites is 1. The molecule has 152 valence electrons. The zero-order valence-corrected chi connectivity index (χ0v) is 16.3. The molecule has 1 aliphatic rings. The van der Waals surface area contributed by atoms with Gasteiger partial charge in [0, 0.05) is 16.7 Å². The monoisotopic (exact) mass is 419 g/mol. The second-order valence-electron chi connectivity index (χ2n) is 6.93. The molecule has 3 aromatic rings. The normalized spacial score (nSPS) is 17.1. The maximum atomic E-state index is 13.1. The van der Waals surface area contributed by atoms with Crippen molar-refractivity contribution >= 4 is 17.4 Å². The SMILES string of the molecule is OCc1ccc(CN2CCC(c3cccc(C(F)(F)F)c3)Sc3ccccc32)o1. The smallest absolute Gasteiger partial charge is 0.416 e. The predicted octanol–water partition coefficient (Wildman–Crippen LogP) is 6.03. The Morgan fingerprint density at radius 1 is 1.03 bits per heavy atom. The summed E-state index contributed by atoms with van der Waals surface area (Å²) in [4.78, 5) is 3.21. The van der Waals surface area contributed by atoms with Crippen LogP contribution in [0.1, 0.15) is 34.3 Å². The molecular formula is C22H20F3NO2S. The van der Waals surface area contributed by atoms with Crippen molar-refractivity contribution in [3.8, 4) is 0 Å². The number of thioether (sulfide) groups is 1. The van der Waals surface area contributed by atoms with Gasteiger partial charge in [-0.15, -0.1) is 11.8 Å². The first kappa shape index (κ1) is 19.9. The summed E-state index contributed by atoms with van der Waals surface area (Å²) in [6.07, 6.45) is -3.65. The van der Waals surface area contributed by atoms with Crippen LogP contribution in [0.5, 0.6) is 0 Å². The van der Waals surface area contributed by atoms with E-state index >= 15 is 0 Å². The van der Waals surface area contributed by atoms with E-state index in [1.165, 1.54) is 12.1 Å². The molecule has 1 N–H and O–H groups in total. The van der Waals surface area contributed by atoms with Crippen LogP contribution in [0, 0.1) is 0 Å². The van der Waals surface area contributed by atoms with Crippen molar-refractivity contribution < 1.29 is 22.7 Å². The summed E-state index contributed by atoms with van der Waals surface area (Å²) in [6, 6.07) is 17.1. The molecule has 2 heterocycles. The van der Waals surface area contributed by atoms with Crippen LogP contribution in [-0.4, -0.2) is 11.7 Å². The molecule has 0 radical (unpaired) electrons. The van der Waals surface area contributed by atoms with Gasteiger partial charge in [0.1, 0.15) is 18.1 Å². The number of nitrogens with zero attached hydrogens (tertiary/aromatic N) is 1. The Hall–Kier alpha value is -2.38. The third-order valence-corrected chi connectivity index (χ3v) is 6.33. The largest absolute Gasteiger partial charge is 0.462 e. The van der Waals surface area contributed by atoms with Gasteiger partial charge >= 0.3 is 6.18 Å². The van der Waals surface area contributed by atoms with E-state index < -0.39 is 11.7 Å². The van der Waals surface area contributed by atoms with Gasteiger partial charge in [0.2, 0.25) is 0 Å². The fraction of sp³-hybridized carbons (Fsp3) is 0.273. The summed E-state index contributed by atoms with van der Waals surface area (Å²) in [7, 11) is 0. The number of fused-ring (bicyclic) bond motifs is 1. The van der Waals surface area contributed by atoms with Gasteiger partial charge in [0.05, 0.1) is 17.8 Å². The van der Waals surface area contributed by atoms with E-state index in [9.17, 15) is 18.3 Å². The van der Waals surface area contributed by atoms with Crippen LogP contribution in [0.2, 0.25) is 0 Å². The second kappa shape index (κ2) is 8.16. The summed E-state index contributed by atoms with van der Waals surface area (Å²) in [5.41, 5.74) is 1.10. The number of halogens is 3. The number of hydrogen-bond acceptors (Lipinski definition) is 4. The van der Waals surface area contributed by atoms with Gasteiger partial charge in [0.15, 0.2) is 0 Å². The van der Waals surface area contributed by atoms with Crippen molar-refractivity contribution in [2.24, 2.45) is 0 Å². The van der Waals surface area contributed by atoms with Crippen molar-refractivity contribution in [3.63, 3.8) is 0 Å². The summed E-state index contributed by atoms with van der Waals surface area (Å²) in [5.74, 6) is 1.26. The van der Waals surface area contributed by atoms with Crippen LogP contribution in [0.25, 0.3) is 0 Å². The zero-order valence-electron chi connectivity index (χ0n) is 15.5. The fourth-order valence-electron chi connectivity index (χ4n) is 3.52. The van der Waals surface area contributed by atoms with E-state index in [1.54, 1.807) is 23.9 Å². The molecule has 0 saturated heterocycles. The third-order valence-electron chi connectivity index (χ3n) is 4.94. The highest BCUT2D eigenvalue weighted by Gasteiger charge is 2.32. The molecule has 0 spiro atoms. The van der Waals surface area contributed by atoms with E-state index in [4.69, 9.17) is 4.42 Å². The third kappa shape index (κ3) is 4.46. The van der Waals surface area contributed by atoms with Crippen molar-refractivity contribution in [2.45, 2.75) is 35.9 Å². The average molecular weight is 419 g/mol. The standard InChI is InChI=1S/C22H20F3NO2S/c23-22(24,25)16-5-3-4-15(12-16)20-10-11-26(13-17-8-9-18(14-27)28-17)19-6-1-2-7-21(19)29-20/h1-9,12,20,27H,10-11,13-14H2. The minimum Gasteiger partial charge on any atom is -0.462 e. The minimum absolute atomic E-state index is 0.0759. The zero-order chi connectivity index (χ0) is 20.4. The Bertz CT molecular complexity index is 986. The molecule has 0 fully saturated rings. The number of furan rings is 1. The molecule has 0 aliphatic carbocycles. The number of aliphatic hydroxyl groups is 1. The Kier molecular flexibility index (Phi) is 5.61. The highest BCUT2D eigenvalue weighted by molar-refractivity contribution is 7.99. The van der Waals surface area contributed by atoms with Gasteiger partial charge in [-0.3, -0.25) is 0 Å². The predicted molar refractivity (Wildman–Crippen MR) is 107 cm³/mol. The minimum atomic E-state index is -4.35. The molecule has 1 unspecified atom stereocenters. The highest BCUT2D eigenvalue weighted by atomic mass is 32.2. The van der Waals surface area contributed by atoms with Crippen LogP contribution in [-0.2, 0) is 19.3 Å². The molecule has 29 heavy (non-hydrogen) atoms. The number of aliphatic hydroxyl groups excluding tert-OH is 1. The second-order valence-corrected chi connectivity index (χ2v) is 8.18. The lowest BCUT2D eigenvalue weighted by Gasteiger charge is -2.23. The lowest BCUT2D eigenvalue weighted by Crippen LogP contribution is -2.23. The Morgan fingerprint density at radius 3 is 2.59 bits per heavy atom. The van der Waals surface area contributed by atoms with Crippen LogP contribution in [0.15, 0.2) is 70.0 Å². The molecule has 3 nitrogen and oxygen atoms in total. The number of benzene rings is 2. The van der Waals surface area contributed by atoms with Crippen molar-refractivity contribution in [1.82, 2.24) is 0 Å². The Balaban J connectivity index is 1.61. The Morgan fingerprint density at radius 2 is 1.83 bits per heavy atom. The average Bonchev–Trinajstić information content (AvgIpc) is 3.09. The summed E-state index contributed by atoms with van der Waals surface area (Å²) in [6.45, 7) is 1.07. The van der Waals surface area contributed by atoms with Crippen LogP contribution in [0.3, 0.4) is 0 Å². The van der Waals surface area contributed by atoms with Gasteiger partial charge in [-0.05, 0) is 42.3 Å². The van der Waals surface area contributed by atoms with Gasteiger partial charge < -0.3 is 14.4 Å². The van der Waals surface area contributed by atoms with E-state index in [0.29, 0.717) is 30.8 Å². The fourth-order valence-corrected chi connectivity index (χ4v) is 4.81. The van der Waals surface area contributed by atoms with Gasteiger partial charge in [-0.25, -0.2) is 0 Å². The molecule has 0 amide bonds. The maximum absolute atomic E-state index is 13.1. The first-order chi connectivity index (χ1) is 13.9. The van der Waals surface area contributed by atoms with Gasteiger partial charge in [-0.2, -0.15) is 13.2 Å². The van der Waals surface area contributed by atoms with Crippen molar-refractivity contribution in [3.05, 3.63) is 83.3 Å². The molecule has 0 bridgehead atoms. The quantitative estimate of drug-likeness (QED) is 0.560. The molecular weight excluding hydrogens is 399 g/mol. The van der Waals surface area contributed by atoms with Crippen LogP contribution >= 0.6 is 11.8 Å². The van der Waals surface area contributed by atoms with Crippen molar-refractivity contribution in [1.29, 1.82) is 0 Å². The molecule has 1 aliphatic heterocycles. The van der Waals surface area contributed by atoms with Crippen molar-refractivity contribution in [2.75, 3.05) is 11.4 Å². The topological polar surface area (TPSA) is 36.6 Å². The first-order valence-electron chi connectivity index (χ1n) is 9.30. The number of alkyl halides is 3. The molecule has 7 heteroatoms.